The number of hydrogen-bond acceptors (Lipinski definition) is 2. The molecule has 2 N–H and O–H groups in total. The van der Waals surface area contributed by atoms with Gasteiger partial charge in [0.25, 0.3) is 0 Å². The Labute approximate surface area is 67.4 Å². The van der Waals surface area contributed by atoms with Crippen LogP contribution in [-0.4, -0.2) is 0 Å². The number of hydrogen-bond donors (Lipinski definition) is 1. The summed E-state index contributed by atoms with van der Waals surface area (Å²) in [6.45, 7) is 6.19. The predicted octanol–water partition coefficient (Wildman–Crippen LogP) is 2.24. The lowest BCUT2D eigenvalue weighted by molar-refractivity contribution is 0.400. The molecule has 0 aliphatic carbocycles. The maximum absolute atomic E-state index is 5.89. The van der Waals surface area contributed by atoms with Crippen molar-refractivity contribution in [3.8, 4) is 0 Å². The Kier molecular flexibility index (Phi) is 2.35. The fourth-order valence-corrected chi connectivity index (χ4v) is 1.03. The van der Waals surface area contributed by atoms with Crippen LogP contribution in [0.4, 0.5) is 0 Å². The molecule has 0 fully saturated rings. The van der Waals surface area contributed by atoms with E-state index in [4.69, 9.17) is 10.2 Å². The summed E-state index contributed by atoms with van der Waals surface area (Å²) in [4.78, 5) is 0. The third kappa shape index (κ3) is 1.63. The molecule has 1 rings (SSSR count). The van der Waals surface area contributed by atoms with Crippen LogP contribution in [0, 0.1) is 12.8 Å². The van der Waals surface area contributed by atoms with Gasteiger partial charge in [0.2, 0.25) is 0 Å². The van der Waals surface area contributed by atoms with Gasteiger partial charge in [0.1, 0.15) is 5.76 Å². The Bertz CT molecular complexity index is 227. The van der Waals surface area contributed by atoms with E-state index in [0.29, 0.717) is 5.92 Å². The second-order valence-electron chi connectivity index (χ2n) is 3.24. The molecule has 0 bridgehead atoms. The lowest BCUT2D eigenvalue weighted by Crippen LogP contribution is -2.16. The van der Waals surface area contributed by atoms with Gasteiger partial charge >= 0.3 is 0 Å². The summed E-state index contributed by atoms with van der Waals surface area (Å²) >= 11 is 0. The first kappa shape index (κ1) is 8.34. The standard InChI is InChI=1S/C9H15NO/c1-6(2)8(10)9-7(3)4-5-11-9/h4-6,8H,10H2,1-3H3/t8-/m0/s1. The van der Waals surface area contributed by atoms with E-state index >= 15 is 0 Å². The lowest BCUT2D eigenvalue weighted by Gasteiger charge is -2.13. The van der Waals surface area contributed by atoms with E-state index in [2.05, 4.69) is 13.8 Å². The molecule has 0 aromatic carbocycles. The zero-order chi connectivity index (χ0) is 8.43. The molecule has 1 atom stereocenters. The molecule has 0 unspecified atom stereocenters. The summed E-state index contributed by atoms with van der Waals surface area (Å²) in [5.74, 6) is 1.35. The van der Waals surface area contributed by atoms with Crippen molar-refractivity contribution in [2.45, 2.75) is 26.8 Å². The minimum absolute atomic E-state index is 0.0324. The molecule has 62 valence electrons. The molecule has 0 amide bonds. The van der Waals surface area contributed by atoms with Crippen LogP contribution in [0.2, 0.25) is 0 Å². The van der Waals surface area contributed by atoms with Crippen molar-refractivity contribution < 1.29 is 4.42 Å². The normalized spacial score (nSPS) is 13.9. The molecule has 2 heteroatoms. The molecule has 11 heavy (non-hydrogen) atoms. The third-order valence-electron chi connectivity index (χ3n) is 1.92. The minimum atomic E-state index is 0.0324. The quantitative estimate of drug-likeness (QED) is 0.707. The number of rotatable bonds is 2. The molecule has 0 saturated carbocycles. The van der Waals surface area contributed by atoms with E-state index in [0.717, 1.165) is 11.3 Å². The molecule has 0 aliphatic rings. The maximum Gasteiger partial charge on any atom is 0.123 e. The van der Waals surface area contributed by atoms with Gasteiger partial charge in [-0.2, -0.15) is 0 Å². The van der Waals surface area contributed by atoms with E-state index in [1.165, 1.54) is 0 Å². The molecule has 0 saturated heterocycles. The Balaban J connectivity index is 2.84. The summed E-state index contributed by atoms with van der Waals surface area (Å²) < 4.78 is 5.26. The summed E-state index contributed by atoms with van der Waals surface area (Å²) in [7, 11) is 0. The van der Waals surface area contributed by atoms with E-state index in [1.54, 1.807) is 6.26 Å². The van der Waals surface area contributed by atoms with Gasteiger partial charge in [-0.25, -0.2) is 0 Å². The van der Waals surface area contributed by atoms with E-state index < -0.39 is 0 Å². The first-order chi connectivity index (χ1) is 5.13. The summed E-state index contributed by atoms with van der Waals surface area (Å²) in [6, 6.07) is 1.97. The average Bonchev–Trinajstić information content (AvgIpc) is 2.33. The molecule has 2 nitrogen and oxygen atoms in total. The van der Waals surface area contributed by atoms with E-state index in [1.807, 2.05) is 13.0 Å². The van der Waals surface area contributed by atoms with Crippen LogP contribution in [0.1, 0.15) is 31.2 Å². The topological polar surface area (TPSA) is 39.2 Å². The smallest absolute Gasteiger partial charge is 0.123 e. The van der Waals surface area contributed by atoms with Crippen LogP contribution < -0.4 is 5.73 Å². The highest BCUT2D eigenvalue weighted by Crippen LogP contribution is 2.22. The molecular weight excluding hydrogens is 138 g/mol. The van der Waals surface area contributed by atoms with Crippen LogP contribution in [0.15, 0.2) is 16.7 Å². The van der Waals surface area contributed by atoms with E-state index in [9.17, 15) is 0 Å². The average molecular weight is 153 g/mol. The molecule has 0 aliphatic heterocycles. The van der Waals surface area contributed by atoms with Gasteiger partial charge in [-0.05, 0) is 24.5 Å². The van der Waals surface area contributed by atoms with Crippen LogP contribution in [0.3, 0.4) is 0 Å². The van der Waals surface area contributed by atoms with Gasteiger partial charge in [-0.15, -0.1) is 0 Å². The first-order valence-electron chi connectivity index (χ1n) is 3.92. The first-order valence-corrected chi connectivity index (χ1v) is 3.92. The number of furan rings is 1. The summed E-state index contributed by atoms with van der Waals surface area (Å²) in [5.41, 5.74) is 7.03. The van der Waals surface area contributed by atoms with E-state index in [-0.39, 0.29) is 6.04 Å². The number of nitrogens with two attached hydrogens (primary N) is 1. The van der Waals surface area contributed by atoms with Crippen LogP contribution in [0.25, 0.3) is 0 Å². The fourth-order valence-electron chi connectivity index (χ4n) is 1.03. The Morgan fingerprint density at radius 1 is 1.45 bits per heavy atom. The fraction of sp³-hybridized carbons (Fsp3) is 0.556. The van der Waals surface area contributed by atoms with Crippen molar-refractivity contribution >= 4 is 0 Å². The molecule has 0 spiro atoms. The highest BCUT2D eigenvalue weighted by molar-refractivity contribution is 5.18. The van der Waals surface area contributed by atoms with Gasteiger partial charge in [-0.1, -0.05) is 13.8 Å². The van der Waals surface area contributed by atoms with Crippen LogP contribution in [0.5, 0.6) is 0 Å². The molecule has 1 aromatic heterocycles. The van der Waals surface area contributed by atoms with Crippen molar-refractivity contribution in [2.24, 2.45) is 11.7 Å². The van der Waals surface area contributed by atoms with Gasteiger partial charge in [-0.3, -0.25) is 0 Å². The molecular formula is C9H15NO. The van der Waals surface area contributed by atoms with Crippen molar-refractivity contribution in [3.63, 3.8) is 0 Å². The van der Waals surface area contributed by atoms with Crippen molar-refractivity contribution in [1.82, 2.24) is 0 Å². The second-order valence-corrected chi connectivity index (χ2v) is 3.24. The molecule has 0 radical (unpaired) electrons. The Morgan fingerprint density at radius 2 is 2.09 bits per heavy atom. The largest absolute Gasteiger partial charge is 0.467 e. The van der Waals surface area contributed by atoms with Gasteiger partial charge in [0.15, 0.2) is 0 Å². The minimum Gasteiger partial charge on any atom is -0.467 e. The molecule has 1 aromatic rings. The SMILES string of the molecule is Cc1ccoc1[C@@H](N)C(C)C. The molecule has 1 heterocycles. The Hall–Kier alpha value is -0.760. The number of aryl methyl sites for hydroxylation is 1. The highest BCUT2D eigenvalue weighted by atomic mass is 16.3. The summed E-state index contributed by atoms with van der Waals surface area (Å²) in [6.07, 6.45) is 1.69. The van der Waals surface area contributed by atoms with Crippen LogP contribution >= 0.6 is 0 Å². The zero-order valence-corrected chi connectivity index (χ0v) is 7.29. The van der Waals surface area contributed by atoms with Crippen molar-refractivity contribution in [3.05, 3.63) is 23.7 Å². The van der Waals surface area contributed by atoms with Gasteiger partial charge in [0.05, 0.1) is 12.3 Å². The van der Waals surface area contributed by atoms with Crippen molar-refractivity contribution in [2.75, 3.05) is 0 Å². The zero-order valence-electron chi connectivity index (χ0n) is 7.29. The second kappa shape index (κ2) is 3.09. The highest BCUT2D eigenvalue weighted by Gasteiger charge is 2.15. The third-order valence-corrected chi connectivity index (χ3v) is 1.92. The van der Waals surface area contributed by atoms with Gasteiger partial charge in [0, 0.05) is 0 Å². The maximum atomic E-state index is 5.89. The predicted molar refractivity (Wildman–Crippen MR) is 45.2 cm³/mol. The Morgan fingerprint density at radius 3 is 2.45 bits per heavy atom. The van der Waals surface area contributed by atoms with Crippen molar-refractivity contribution in [1.29, 1.82) is 0 Å². The van der Waals surface area contributed by atoms with Crippen LogP contribution in [-0.2, 0) is 0 Å². The summed E-state index contributed by atoms with van der Waals surface area (Å²) in [5, 5.41) is 0. The lowest BCUT2D eigenvalue weighted by atomic mass is 10.0. The van der Waals surface area contributed by atoms with Gasteiger partial charge < -0.3 is 10.2 Å². The monoisotopic (exact) mass is 153 g/mol.